The maximum Gasteiger partial charge on any atom is 0.0812 e. The van der Waals surface area contributed by atoms with Crippen LogP contribution < -0.4 is 0 Å². The first-order valence-electron chi connectivity index (χ1n) is 4.56. The summed E-state index contributed by atoms with van der Waals surface area (Å²) in [4.78, 5) is 0. The van der Waals surface area contributed by atoms with E-state index in [2.05, 4.69) is 13.8 Å². The molecule has 0 radical (unpaired) electrons. The molecule has 66 valence electrons. The molecule has 3 rings (SSSR count). The molecule has 2 saturated heterocycles. The molecule has 3 aliphatic rings. The van der Waals surface area contributed by atoms with Crippen molar-refractivity contribution in [2.75, 3.05) is 6.61 Å². The number of allylic oxidation sites excluding steroid dienone is 2. The van der Waals surface area contributed by atoms with E-state index in [1.165, 1.54) is 6.42 Å². The summed E-state index contributed by atoms with van der Waals surface area (Å²) >= 11 is 5.72. The average Bonchev–Trinajstić information content (AvgIpc) is 2.55. The Morgan fingerprint density at radius 1 is 1.42 bits per heavy atom. The zero-order valence-corrected chi connectivity index (χ0v) is 9.12. The molecule has 3 heteroatoms. The molecular formula is C9H13OPS. The van der Waals surface area contributed by atoms with Crippen LogP contribution in [0.25, 0.3) is 0 Å². The van der Waals surface area contributed by atoms with Gasteiger partial charge in [0.1, 0.15) is 0 Å². The van der Waals surface area contributed by atoms with Crippen molar-refractivity contribution < 1.29 is 4.52 Å². The van der Waals surface area contributed by atoms with Crippen molar-refractivity contribution in [3.63, 3.8) is 0 Å². The summed E-state index contributed by atoms with van der Waals surface area (Å²) in [5, 5.41) is 0. The largest absolute Gasteiger partial charge is 0.349 e. The second-order valence-corrected chi connectivity index (χ2v) is 8.70. The van der Waals surface area contributed by atoms with Crippen molar-refractivity contribution in [2.45, 2.75) is 31.6 Å². The predicted octanol–water partition coefficient (Wildman–Crippen LogP) is 2.52. The molecule has 0 N–H and O–H groups in total. The van der Waals surface area contributed by atoms with Crippen LogP contribution in [0.5, 0.6) is 0 Å². The second-order valence-electron chi connectivity index (χ2n) is 4.26. The van der Waals surface area contributed by atoms with E-state index in [0.717, 1.165) is 12.5 Å². The molecule has 3 aliphatic heterocycles. The number of hydrogen-bond donors (Lipinski definition) is 0. The molecule has 12 heavy (non-hydrogen) atoms. The van der Waals surface area contributed by atoms with Gasteiger partial charge in [-0.25, -0.2) is 0 Å². The first kappa shape index (κ1) is 7.73. The van der Waals surface area contributed by atoms with E-state index in [1.54, 1.807) is 11.1 Å². The van der Waals surface area contributed by atoms with E-state index in [1.807, 2.05) is 0 Å². The van der Waals surface area contributed by atoms with Crippen LogP contribution in [0.2, 0.25) is 0 Å². The average molecular weight is 200 g/mol. The fraction of sp³-hybridized carbons (Fsp3) is 0.778. The van der Waals surface area contributed by atoms with Crippen LogP contribution in [-0.2, 0) is 16.3 Å². The van der Waals surface area contributed by atoms with E-state index in [9.17, 15) is 0 Å². The van der Waals surface area contributed by atoms with Crippen molar-refractivity contribution in [2.24, 2.45) is 5.92 Å². The Balaban J connectivity index is 2.22. The normalized spacial score (nSPS) is 55.7. The van der Waals surface area contributed by atoms with Crippen LogP contribution in [0.3, 0.4) is 0 Å². The molecule has 0 aromatic carbocycles. The van der Waals surface area contributed by atoms with Gasteiger partial charge in [-0.1, -0.05) is 23.0 Å². The minimum atomic E-state index is -1.40. The van der Waals surface area contributed by atoms with E-state index < -0.39 is 6.26 Å². The lowest BCUT2D eigenvalue weighted by Crippen LogP contribution is -2.19. The van der Waals surface area contributed by atoms with Crippen LogP contribution in [0.15, 0.2) is 11.1 Å². The summed E-state index contributed by atoms with van der Waals surface area (Å²) in [6.07, 6.45) is -0.0624. The second kappa shape index (κ2) is 2.05. The number of hydrogen-bond acceptors (Lipinski definition) is 2. The van der Waals surface area contributed by atoms with Gasteiger partial charge >= 0.3 is 0 Å². The van der Waals surface area contributed by atoms with E-state index in [4.69, 9.17) is 16.3 Å². The van der Waals surface area contributed by atoms with Crippen molar-refractivity contribution in [1.29, 1.82) is 0 Å². The fourth-order valence-corrected chi connectivity index (χ4v) is 9.06. The van der Waals surface area contributed by atoms with Crippen molar-refractivity contribution >= 4 is 18.1 Å². The molecule has 0 aromatic heterocycles. The van der Waals surface area contributed by atoms with Crippen LogP contribution in [0, 0.1) is 5.92 Å². The van der Waals surface area contributed by atoms with Gasteiger partial charge in [-0.2, -0.15) is 0 Å². The molecular weight excluding hydrogens is 187 g/mol. The lowest BCUT2D eigenvalue weighted by atomic mass is 9.86. The van der Waals surface area contributed by atoms with E-state index >= 15 is 0 Å². The Kier molecular flexibility index (Phi) is 1.32. The third-order valence-electron chi connectivity index (χ3n) is 3.85. The zero-order chi connectivity index (χ0) is 8.51. The van der Waals surface area contributed by atoms with Crippen LogP contribution in [0.1, 0.15) is 20.3 Å². The minimum absolute atomic E-state index is 0.677. The lowest BCUT2D eigenvalue weighted by molar-refractivity contribution is 0.286. The monoisotopic (exact) mass is 200 g/mol. The van der Waals surface area contributed by atoms with Crippen LogP contribution >= 0.6 is 6.26 Å². The van der Waals surface area contributed by atoms with E-state index in [-0.39, 0.29) is 0 Å². The molecule has 0 spiro atoms. The minimum Gasteiger partial charge on any atom is -0.349 e. The van der Waals surface area contributed by atoms with Crippen molar-refractivity contribution in [3.05, 3.63) is 11.1 Å². The molecule has 4 bridgehead atoms. The Morgan fingerprint density at radius 3 is 2.75 bits per heavy atom. The van der Waals surface area contributed by atoms with Gasteiger partial charge in [0.05, 0.1) is 12.9 Å². The quantitative estimate of drug-likeness (QED) is 0.439. The molecule has 0 amide bonds. The van der Waals surface area contributed by atoms with Gasteiger partial charge in [0, 0.05) is 11.3 Å². The Bertz CT molecular complexity index is 333. The van der Waals surface area contributed by atoms with Crippen LogP contribution in [-0.4, -0.2) is 17.9 Å². The van der Waals surface area contributed by atoms with Gasteiger partial charge in [0.15, 0.2) is 0 Å². The summed E-state index contributed by atoms with van der Waals surface area (Å²) in [6, 6.07) is 0. The van der Waals surface area contributed by atoms with Gasteiger partial charge in [0.2, 0.25) is 0 Å². The SMILES string of the molecule is CC1=C(C)[C@H]2[C@H]3COP2(=S)[C@H]1C3. The standard InChI is InChI=1S/C9H13OPS/c1-5-6(2)9-7-3-8(5)11(9,12)10-4-7/h7-9H,3-4H2,1-2H3/t7-,8+,9+,11?/m1/s1. The highest BCUT2D eigenvalue weighted by atomic mass is 32.4. The van der Waals surface area contributed by atoms with Gasteiger partial charge in [0.25, 0.3) is 0 Å². The third-order valence-corrected chi connectivity index (χ3v) is 9.22. The molecule has 1 nitrogen and oxygen atoms in total. The fourth-order valence-electron chi connectivity index (χ4n) is 3.16. The molecule has 0 aliphatic carbocycles. The van der Waals surface area contributed by atoms with Gasteiger partial charge in [-0.15, -0.1) is 0 Å². The maximum atomic E-state index is 5.85. The highest BCUT2D eigenvalue weighted by Gasteiger charge is 2.60. The molecule has 1 unspecified atom stereocenters. The predicted molar refractivity (Wildman–Crippen MR) is 54.3 cm³/mol. The summed E-state index contributed by atoms with van der Waals surface area (Å²) < 4.78 is 5.85. The maximum absolute atomic E-state index is 5.85. The number of rotatable bonds is 0. The molecule has 3 heterocycles. The third kappa shape index (κ3) is 0.615. The lowest BCUT2D eigenvalue weighted by Gasteiger charge is -2.23. The summed E-state index contributed by atoms with van der Waals surface area (Å²) in [6.45, 7) is 5.48. The molecule has 0 aromatic rings. The highest BCUT2D eigenvalue weighted by molar-refractivity contribution is 8.13. The first-order valence-corrected chi connectivity index (χ1v) is 7.41. The van der Waals surface area contributed by atoms with Crippen molar-refractivity contribution in [3.8, 4) is 0 Å². The zero-order valence-electron chi connectivity index (χ0n) is 7.41. The Hall–Kier alpha value is 0.350. The van der Waals surface area contributed by atoms with Gasteiger partial charge in [-0.05, 0) is 26.2 Å². The molecule has 4 atom stereocenters. The van der Waals surface area contributed by atoms with Gasteiger partial charge in [-0.3, -0.25) is 0 Å². The highest BCUT2D eigenvalue weighted by Crippen LogP contribution is 2.78. The van der Waals surface area contributed by atoms with Gasteiger partial charge < -0.3 is 4.52 Å². The Labute approximate surface area is 78.3 Å². The van der Waals surface area contributed by atoms with Crippen molar-refractivity contribution in [1.82, 2.24) is 0 Å². The summed E-state index contributed by atoms with van der Waals surface area (Å²) in [5.74, 6) is 0.796. The Morgan fingerprint density at radius 2 is 2.17 bits per heavy atom. The summed E-state index contributed by atoms with van der Waals surface area (Å²) in [5.41, 5.74) is 4.52. The van der Waals surface area contributed by atoms with E-state index in [0.29, 0.717) is 11.3 Å². The molecule has 0 saturated carbocycles. The smallest absolute Gasteiger partial charge is 0.0812 e. The first-order chi connectivity index (χ1) is 5.64. The van der Waals surface area contributed by atoms with Crippen LogP contribution in [0.4, 0.5) is 0 Å². The summed E-state index contributed by atoms with van der Waals surface area (Å²) in [7, 11) is 0. The molecule has 2 fully saturated rings. The topological polar surface area (TPSA) is 9.23 Å².